The Morgan fingerprint density at radius 2 is 2.29 bits per heavy atom. The minimum atomic E-state index is 0.219. The van der Waals surface area contributed by atoms with E-state index in [4.69, 9.17) is 0 Å². The van der Waals surface area contributed by atoms with Gasteiger partial charge in [0.15, 0.2) is 0 Å². The highest BCUT2D eigenvalue weighted by atomic mass is 16.1. The van der Waals surface area contributed by atoms with E-state index in [0.717, 1.165) is 18.9 Å². The largest absolute Gasteiger partial charge is 0.352 e. The molecule has 2 rings (SSSR count). The van der Waals surface area contributed by atoms with E-state index >= 15 is 0 Å². The molecule has 3 heteroatoms. The minimum Gasteiger partial charge on any atom is -0.352 e. The van der Waals surface area contributed by atoms with E-state index in [1.165, 1.54) is 19.3 Å². The molecule has 1 saturated carbocycles. The Balaban J connectivity index is 1.67. The lowest BCUT2D eigenvalue weighted by Crippen LogP contribution is -2.41. The van der Waals surface area contributed by atoms with Gasteiger partial charge in [0.2, 0.25) is 5.91 Å². The first-order valence-corrected chi connectivity index (χ1v) is 5.82. The monoisotopic (exact) mass is 196 g/mol. The van der Waals surface area contributed by atoms with E-state index in [0.29, 0.717) is 18.5 Å². The molecule has 1 heterocycles. The quantitative estimate of drug-likeness (QED) is 0.690. The Kier molecular flexibility index (Phi) is 3.06. The second kappa shape index (κ2) is 4.30. The number of amides is 1. The number of carbonyl (C=O) groups is 1. The molecule has 1 saturated heterocycles. The molecule has 2 aliphatic rings. The second-order valence-corrected chi connectivity index (χ2v) is 4.56. The van der Waals surface area contributed by atoms with Gasteiger partial charge in [-0.2, -0.15) is 0 Å². The van der Waals surface area contributed by atoms with Gasteiger partial charge in [0.1, 0.15) is 0 Å². The van der Waals surface area contributed by atoms with Crippen molar-refractivity contribution in [3.63, 3.8) is 0 Å². The maximum absolute atomic E-state index is 11.0. The first kappa shape index (κ1) is 9.97. The van der Waals surface area contributed by atoms with Crippen molar-refractivity contribution in [1.82, 2.24) is 10.6 Å². The van der Waals surface area contributed by atoms with Crippen molar-refractivity contribution in [2.75, 3.05) is 6.54 Å². The Labute approximate surface area is 85.6 Å². The lowest BCUT2D eigenvalue weighted by atomic mass is 10.1. The molecule has 1 amide bonds. The van der Waals surface area contributed by atoms with Crippen LogP contribution in [0.1, 0.15) is 39.0 Å². The molecule has 1 aliphatic heterocycles. The summed E-state index contributed by atoms with van der Waals surface area (Å²) in [4.78, 5) is 11.0. The van der Waals surface area contributed by atoms with Crippen LogP contribution in [0.2, 0.25) is 0 Å². The smallest absolute Gasteiger partial charge is 0.220 e. The van der Waals surface area contributed by atoms with Crippen molar-refractivity contribution in [2.24, 2.45) is 5.92 Å². The second-order valence-electron chi connectivity index (χ2n) is 4.56. The molecule has 0 radical (unpaired) electrons. The molecule has 2 fully saturated rings. The summed E-state index contributed by atoms with van der Waals surface area (Å²) in [5.41, 5.74) is 0. The van der Waals surface area contributed by atoms with Crippen molar-refractivity contribution >= 4 is 5.91 Å². The first-order valence-electron chi connectivity index (χ1n) is 5.82. The fourth-order valence-electron chi connectivity index (χ4n) is 2.27. The van der Waals surface area contributed by atoms with Crippen molar-refractivity contribution in [3.8, 4) is 0 Å². The zero-order valence-corrected chi connectivity index (χ0v) is 8.88. The molecular formula is C11H20N2O. The molecule has 0 bridgehead atoms. The Morgan fingerprint density at radius 3 is 2.79 bits per heavy atom. The van der Waals surface area contributed by atoms with Crippen molar-refractivity contribution in [3.05, 3.63) is 0 Å². The predicted molar refractivity (Wildman–Crippen MR) is 56.0 cm³/mol. The number of carbonyl (C=O) groups excluding carboxylic acids is 1. The fraction of sp³-hybridized carbons (Fsp3) is 0.909. The number of hydrogen-bond acceptors (Lipinski definition) is 2. The Bertz CT molecular complexity index is 213. The van der Waals surface area contributed by atoms with E-state index in [2.05, 4.69) is 17.6 Å². The van der Waals surface area contributed by atoms with Crippen LogP contribution in [0.15, 0.2) is 0 Å². The van der Waals surface area contributed by atoms with Crippen molar-refractivity contribution in [2.45, 2.75) is 51.1 Å². The summed E-state index contributed by atoms with van der Waals surface area (Å²) in [6, 6.07) is 1.07. The molecule has 0 aromatic rings. The van der Waals surface area contributed by atoms with Gasteiger partial charge in [0, 0.05) is 25.0 Å². The third-order valence-corrected chi connectivity index (χ3v) is 3.34. The lowest BCUT2D eigenvalue weighted by molar-refractivity contribution is -0.119. The molecule has 3 nitrogen and oxygen atoms in total. The molecule has 14 heavy (non-hydrogen) atoms. The normalized spacial score (nSPS) is 28.9. The van der Waals surface area contributed by atoms with Crippen LogP contribution in [0.5, 0.6) is 0 Å². The van der Waals surface area contributed by atoms with Crippen LogP contribution in [0.25, 0.3) is 0 Å². The number of hydrogen-bond donors (Lipinski definition) is 2. The highest BCUT2D eigenvalue weighted by Gasteiger charge is 2.30. The highest BCUT2D eigenvalue weighted by Crippen LogP contribution is 2.33. The van der Waals surface area contributed by atoms with Gasteiger partial charge in [-0.25, -0.2) is 0 Å². The number of rotatable bonds is 5. The van der Waals surface area contributed by atoms with Gasteiger partial charge in [0.25, 0.3) is 0 Å². The number of nitrogens with one attached hydrogen (secondary N) is 2. The van der Waals surface area contributed by atoms with Crippen LogP contribution >= 0.6 is 0 Å². The molecule has 0 aromatic heterocycles. The van der Waals surface area contributed by atoms with E-state index < -0.39 is 0 Å². The lowest BCUT2D eigenvalue weighted by Gasteiger charge is -2.19. The van der Waals surface area contributed by atoms with Crippen LogP contribution in [-0.2, 0) is 4.79 Å². The summed E-state index contributed by atoms with van der Waals surface area (Å²) >= 11 is 0. The van der Waals surface area contributed by atoms with Crippen LogP contribution in [0.3, 0.4) is 0 Å². The molecule has 80 valence electrons. The molecule has 2 N–H and O–H groups in total. The standard InChI is InChI=1S/C11H20N2O/c1-2-10(8-3-4-8)12-7-9-5-6-11(14)13-9/h8-10,12H,2-7H2,1H3,(H,13,14). The minimum absolute atomic E-state index is 0.219. The van der Waals surface area contributed by atoms with E-state index in [1.807, 2.05) is 0 Å². The molecule has 0 aromatic carbocycles. The van der Waals surface area contributed by atoms with Crippen LogP contribution in [-0.4, -0.2) is 24.5 Å². The van der Waals surface area contributed by atoms with Gasteiger partial charge in [-0.05, 0) is 31.6 Å². The van der Waals surface area contributed by atoms with E-state index in [1.54, 1.807) is 0 Å². The summed E-state index contributed by atoms with van der Waals surface area (Å²) in [6.45, 7) is 3.20. The SMILES string of the molecule is CCC(NCC1CCC(=O)N1)C1CC1. The van der Waals surface area contributed by atoms with Crippen LogP contribution in [0, 0.1) is 5.92 Å². The summed E-state index contributed by atoms with van der Waals surface area (Å²) in [5, 5.41) is 6.57. The third-order valence-electron chi connectivity index (χ3n) is 3.34. The summed E-state index contributed by atoms with van der Waals surface area (Å²) in [7, 11) is 0. The topological polar surface area (TPSA) is 41.1 Å². The van der Waals surface area contributed by atoms with Crippen LogP contribution in [0.4, 0.5) is 0 Å². The molecule has 2 atom stereocenters. The van der Waals surface area contributed by atoms with Gasteiger partial charge < -0.3 is 10.6 Å². The maximum Gasteiger partial charge on any atom is 0.220 e. The maximum atomic E-state index is 11.0. The van der Waals surface area contributed by atoms with Gasteiger partial charge >= 0.3 is 0 Å². The molecule has 2 unspecified atom stereocenters. The van der Waals surface area contributed by atoms with E-state index in [-0.39, 0.29) is 5.91 Å². The average Bonchev–Trinajstić information content (AvgIpc) is 2.92. The summed E-state index contributed by atoms with van der Waals surface area (Å²) < 4.78 is 0. The first-order chi connectivity index (χ1) is 6.79. The Morgan fingerprint density at radius 1 is 1.50 bits per heavy atom. The van der Waals surface area contributed by atoms with Crippen molar-refractivity contribution < 1.29 is 4.79 Å². The highest BCUT2D eigenvalue weighted by molar-refractivity contribution is 5.78. The fourth-order valence-corrected chi connectivity index (χ4v) is 2.27. The molecular weight excluding hydrogens is 176 g/mol. The van der Waals surface area contributed by atoms with E-state index in [9.17, 15) is 4.79 Å². The zero-order chi connectivity index (χ0) is 9.97. The van der Waals surface area contributed by atoms with Gasteiger partial charge in [-0.3, -0.25) is 4.79 Å². The van der Waals surface area contributed by atoms with Crippen molar-refractivity contribution in [1.29, 1.82) is 0 Å². The summed E-state index contributed by atoms with van der Waals surface area (Å²) in [6.07, 6.45) is 5.72. The summed E-state index contributed by atoms with van der Waals surface area (Å²) in [5.74, 6) is 1.13. The third kappa shape index (κ3) is 2.47. The van der Waals surface area contributed by atoms with Crippen LogP contribution < -0.4 is 10.6 Å². The molecule has 1 aliphatic carbocycles. The van der Waals surface area contributed by atoms with Gasteiger partial charge in [-0.15, -0.1) is 0 Å². The Hall–Kier alpha value is -0.570. The van der Waals surface area contributed by atoms with Gasteiger partial charge in [0.05, 0.1) is 0 Å². The average molecular weight is 196 g/mol. The molecule has 0 spiro atoms. The zero-order valence-electron chi connectivity index (χ0n) is 8.88. The van der Waals surface area contributed by atoms with Gasteiger partial charge in [-0.1, -0.05) is 6.92 Å². The predicted octanol–water partition coefficient (Wildman–Crippen LogP) is 1.04.